The van der Waals surface area contributed by atoms with Gasteiger partial charge in [-0.15, -0.1) is 0 Å². The zero-order valence-electron chi connectivity index (χ0n) is 15.3. The maximum absolute atomic E-state index is 14.2. The summed E-state index contributed by atoms with van der Waals surface area (Å²) in [6, 6.07) is 15.7. The fourth-order valence-corrected chi connectivity index (χ4v) is 3.57. The van der Waals surface area contributed by atoms with Gasteiger partial charge in [0.15, 0.2) is 0 Å². The fourth-order valence-electron chi connectivity index (χ4n) is 3.57. The lowest BCUT2D eigenvalue weighted by atomic mass is 10.1. The Hall–Kier alpha value is -1.95. The first-order valence-electron chi connectivity index (χ1n) is 9.13. The molecule has 1 aliphatic heterocycles. The van der Waals surface area contributed by atoms with Crippen LogP contribution in [-0.4, -0.2) is 54.3 Å². The smallest absolute Gasteiger partial charge is 0.131 e. The van der Waals surface area contributed by atoms with Crippen molar-refractivity contribution < 1.29 is 14.2 Å². The molecule has 0 amide bonds. The number of methoxy groups -OCH3 is 1. The van der Waals surface area contributed by atoms with Gasteiger partial charge in [-0.25, -0.2) is 4.39 Å². The molecule has 0 aromatic heterocycles. The highest BCUT2D eigenvalue weighted by atomic mass is 19.1. The molecule has 3 rings (SSSR count). The van der Waals surface area contributed by atoms with E-state index in [-0.39, 0.29) is 18.5 Å². The zero-order chi connectivity index (χ0) is 18.4. The van der Waals surface area contributed by atoms with Crippen molar-refractivity contribution in [2.24, 2.45) is 0 Å². The van der Waals surface area contributed by atoms with Crippen molar-refractivity contribution in [3.05, 3.63) is 65.5 Å². The first-order chi connectivity index (χ1) is 12.7. The monoisotopic (exact) mass is 358 g/mol. The topological polar surface area (TPSA) is 35.9 Å². The fraction of sp³-hybridized carbons (Fsp3) is 0.429. The lowest BCUT2D eigenvalue weighted by Gasteiger charge is -2.41. The third-order valence-corrected chi connectivity index (χ3v) is 5.03. The quantitative estimate of drug-likeness (QED) is 0.826. The van der Waals surface area contributed by atoms with Crippen LogP contribution in [0.4, 0.5) is 4.39 Å². The second kappa shape index (κ2) is 9.12. The second-order valence-electron chi connectivity index (χ2n) is 6.81. The van der Waals surface area contributed by atoms with E-state index < -0.39 is 0 Å². The Kier molecular flexibility index (Phi) is 6.61. The average Bonchev–Trinajstić information content (AvgIpc) is 2.66. The maximum atomic E-state index is 14.2. The molecule has 1 atom stereocenters. The molecule has 140 valence electrons. The summed E-state index contributed by atoms with van der Waals surface area (Å²) in [5.41, 5.74) is 1.97. The number of aliphatic hydroxyl groups is 1. The number of hydrogen-bond donors (Lipinski definition) is 1. The van der Waals surface area contributed by atoms with E-state index in [4.69, 9.17) is 4.74 Å². The van der Waals surface area contributed by atoms with E-state index in [0.29, 0.717) is 17.9 Å². The van der Waals surface area contributed by atoms with Gasteiger partial charge in [0.25, 0.3) is 0 Å². The Morgan fingerprint density at radius 3 is 2.62 bits per heavy atom. The molecule has 0 bridgehead atoms. The molecule has 26 heavy (non-hydrogen) atoms. The number of aliphatic hydroxyl groups excluding tert-OH is 1. The summed E-state index contributed by atoms with van der Waals surface area (Å²) < 4.78 is 19.3. The Labute approximate surface area is 154 Å². The highest BCUT2D eigenvalue weighted by molar-refractivity contribution is 5.29. The van der Waals surface area contributed by atoms with Gasteiger partial charge < -0.3 is 9.84 Å². The largest absolute Gasteiger partial charge is 0.497 e. The van der Waals surface area contributed by atoms with Crippen LogP contribution in [0.2, 0.25) is 0 Å². The number of hydrogen-bond acceptors (Lipinski definition) is 4. The summed E-state index contributed by atoms with van der Waals surface area (Å²) in [5, 5.41) is 9.46. The van der Waals surface area contributed by atoms with Crippen LogP contribution in [0.1, 0.15) is 17.5 Å². The number of benzene rings is 2. The Bertz CT molecular complexity index is 696. The summed E-state index contributed by atoms with van der Waals surface area (Å²) in [6.07, 6.45) is 0.731. The van der Waals surface area contributed by atoms with Gasteiger partial charge >= 0.3 is 0 Å². The molecule has 0 unspecified atom stereocenters. The summed E-state index contributed by atoms with van der Waals surface area (Å²) in [6.45, 7) is 4.27. The molecule has 4 nitrogen and oxygen atoms in total. The maximum Gasteiger partial charge on any atom is 0.131 e. The van der Waals surface area contributed by atoms with Crippen LogP contribution in [0, 0.1) is 5.82 Å². The minimum atomic E-state index is -0.227. The van der Waals surface area contributed by atoms with Crippen molar-refractivity contribution in [3.8, 4) is 5.75 Å². The van der Waals surface area contributed by atoms with E-state index in [1.54, 1.807) is 19.2 Å². The molecule has 0 aliphatic carbocycles. The van der Waals surface area contributed by atoms with Gasteiger partial charge in [-0.3, -0.25) is 9.80 Å². The van der Waals surface area contributed by atoms with Crippen LogP contribution in [-0.2, 0) is 13.1 Å². The summed E-state index contributed by atoms with van der Waals surface area (Å²) in [7, 11) is 1.54. The lowest BCUT2D eigenvalue weighted by Crippen LogP contribution is -2.52. The van der Waals surface area contributed by atoms with Crippen molar-refractivity contribution in [3.63, 3.8) is 0 Å². The van der Waals surface area contributed by atoms with Crippen LogP contribution in [0.5, 0.6) is 5.75 Å². The predicted molar refractivity (Wildman–Crippen MR) is 101 cm³/mol. The summed E-state index contributed by atoms with van der Waals surface area (Å²) >= 11 is 0. The number of ether oxygens (including phenoxy) is 1. The normalized spacial score (nSPS) is 18.8. The van der Waals surface area contributed by atoms with Crippen LogP contribution >= 0.6 is 0 Å². The molecule has 0 spiro atoms. The highest BCUT2D eigenvalue weighted by Crippen LogP contribution is 2.21. The van der Waals surface area contributed by atoms with Crippen molar-refractivity contribution in [1.82, 2.24) is 9.80 Å². The second-order valence-corrected chi connectivity index (χ2v) is 6.81. The molecule has 1 N–H and O–H groups in total. The van der Waals surface area contributed by atoms with Gasteiger partial charge in [-0.05, 0) is 18.1 Å². The van der Waals surface area contributed by atoms with Gasteiger partial charge in [-0.2, -0.15) is 0 Å². The SMILES string of the molecule is COc1ccc(CN2CCN(Cc3ccccc3)[C@H](CCO)C2)c(F)c1. The highest BCUT2D eigenvalue weighted by Gasteiger charge is 2.27. The van der Waals surface area contributed by atoms with Crippen molar-refractivity contribution in [2.45, 2.75) is 25.6 Å². The third kappa shape index (κ3) is 4.81. The van der Waals surface area contributed by atoms with E-state index in [1.165, 1.54) is 11.6 Å². The molecular weight excluding hydrogens is 331 g/mol. The molecule has 5 heteroatoms. The van der Waals surface area contributed by atoms with Gasteiger partial charge in [0, 0.05) is 57.0 Å². The summed E-state index contributed by atoms with van der Waals surface area (Å²) in [5.74, 6) is 0.312. The minimum Gasteiger partial charge on any atom is -0.497 e. The summed E-state index contributed by atoms with van der Waals surface area (Å²) in [4.78, 5) is 4.69. The molecule has 1 fully saturated rings. The van der Waals surface area contributed by atoms with Crippen molar-refractivity contribution in [2.75, 3.05) is 33.4 Å². The predicted octanol–water partition coefficient (Wildman–Crippen LogP) is 2.90. The Morgan fingerprint density at radius 1 is 1.12 bits per heavy atom. The van der Waals surface area contributed by atoms with Crippen molar-refractivity contribution >= 4 is 0 Å². The molecule has 2 aromatic rings. The lowest BCUT2D eigenvalue weighted by molar-refractivity contribution is 0.0495. The van der Waals surface area contributed by atoms with E-state index >= 15 is 0 Å². The molecule has 0 radical (unpaired) electrons. The van der Waals surface area contributed by atoms with Gasteiger partial charge in [0.1, 0.15) is 11.6 Å². The molecule has 1 heterocycles. The first-order valence-corrected chi connectivity index (χ1v) is 9.13. The molecule has 1 saturated heterocycles. The Balaban J connectivity index is 1.63. The standard InChI is InChI=1S/C21H27FN2O2/c1-26-20-8-7-18(21(22)13-20)15-23-10-11-24(19(16-23)9-12-25)14-17-5-3-2-4-6-17/h2-8,13,19,25H,9-12,14-16H2,1H3/t19-/m1/s1. The zero-order valence-corrected chi connectivity index (χ0v) is 15.3. The molecule has 1 aliphatic rings. The van der Waals surface area contributed by atoms with E-state index in [1.807, 2.05) is 6.07 Å². The number of rotatable bonds is 7. The van der Waals surface area contributed by atoms with E-state index in [9.17, 15) is 9.50 Å². The average molecular weight is 358 g/mol. The van der Waals surface area contributed by atoms with Gasteiger partial charge in [0.2, 0.25) is 0 Å². The molecule has 0 saturated carbocycles. The number of piperazine rings is 1. The van der Waals surface area contributed by atoms with Crippen molar-refractivity contribution in [1.29, 1.82) is 0 Å². The first kappa shape index (κ1) is 18.8. The molecule has 2 aromatic carbocycles. The van der Waals surface area contributed by atoms with Gasteiger partial charge in [0.05, 0.1) is 7.11 Å². The van der Waals surface area contributed by atoms with Crippen LogP contribution in [0.3, 0.4) is 0 Å². The van der Waals surface area contributed by atoms with Crippen LogP contribution in [0.25, 0.3) is 0 Å². The van der Waals surface area contributed by atoms with Gasteiger partial charge in [-0.1, -0.05) is 36.4 Å². The van der Waals surface area contributed by atoms with Crippen LogP contribution in [0.15, 0.2) is 48.5 Å². The third-order valence-electron chi connectivity index (χ3n) is 5.03. The van der Waals surface area contributed by atoms with E-state index in [0.717, 1.165) is 32.6 Å². The number of halogens is 1. The Morgan fingerprint density at radius 2 is 1.92 bits per heavy atom. The number of nitrogens with zero attached hydrogens (tertiary/aromatic N) is 2. The molecular formula is C21H27FN2O2. The minimum absolute atomic E-state index is 0.167. The van der Waals surface area contributed by atoms with E-state index in [2.05, 4.69) is 34.1 Å². The van der Waals surface area contributed by atoms with Crippen LogP contribution < -0.4 is 4.74 Å².